The Balaban J connectivity index is 2.86. The molecule has 0 atom stereocenters. The van der Waals surface area contributed by atoms with E-state index < -0.39 is 0 Å². The van der Waals surface area contributed by atoms with Gasteiger partial charge in [-0.05, 0) is 0 Å². The first kappa shape index (κ1) is 6.58. The maximum Gasteiger partial charge on any atom is 0.242 e. The maximum atomic E-state index is 8.38. The average Bonchev–Trinajstić information content (AvgIpc) is 1.88. The van der Waals surface area contributed by atoms with Gasteiger partial charge in [-0.25, -0.2) is 4.99 Å². The second-order valence-corrected chi connectivity index (χ2v) is 1.71. The van der Waals surface area contributed by atoms with Gasteiger partial charge < -0.3 is 11.1 Å². The van der Waals surface area contributed by atoms with E-state index in [-0.39, 0.29) is 12.1 Å². The van der Waals surface area contributed by atoms with Crippen molar-refractivity contribution in [1.29, 1.82) is 5.26 Å². The summed E-state index contributed by atoms with van der Waals surface area (Å²) >= 11 is 0. The standard InChI is InChI=1S/C5H6N5/c6-1-3-2-9-5(8)10-4(3)7/h2,10H,7-8H2. The number of nitriles is 1. The monoisotopic (exact) mass is 136 g/mol. The highest BCUT2D eigenvalue weighted by molar-refractivity contribution is 5.85. The maximum absolute atomic E-state index is 8.38. The molecule has 0 amide bonds. The zero-order valence-corrected chi connectivity index (χ0v) is 5.13. The molecule has 1 rings (SSSR count). The van der Waals surface area contributed by atoms with Crippen LogP contribution in [0, 0.1) is 17.6 Å². The molecule has 0 aliphatic carbocycles. The van der Waals surface area contributed by atoms with E-state index in [9.17, 15) is 0 Å². The fourth-order valence-corrected chi connectivity index (χ4v) is 0.530. The molecule has 0 unspecified atom stereocenters. The Labute approximate surface area is 58.0 Å². The minimum Gasteiger partial charge on any atom is -0.384 e. The third kappa shape index (κ3) is 1.06. The van der Waals surface area contributed by atoms with E-state index in [2.05, 4.69) is 10.3 Å². The van der Waals surface area contributed by atoms with E-state index in [1.165, 1.54) is 6.21 Å². The van der Waals surface area contributed by atoms with Gasteiger partial charge in [0.25, 0.3) is 0 Å². The van der Waals surface area contributed by atoms with Crippen molar-refractivity contribution in [2.75, 3.05) is 0 Å². The third-order valence-electron chi connectivity index (χ3n) is 1.01. The lowest BCUT2D eigenvalue weighted by molar-refractivity contribution is 0.756. The molecule has 1 aliphatic heterocycles. The lowest BCUT2D eigenvalue weighted by Gasteiger charge is -2.13. The second-order valence-electron chi connectivity index (χ2n) is 1.71. The minimum atomic E-state index is 0.205. The largest absolute Gasteiger partial charge is 0.384 e. The zero-order valence-electron chi connectivity index (χ0n) is 5.13. The molecule has 10 heavy (non-hydrogen) atoms. The molecule has 1 heterocycles. The molecule has 0 saturated heterocycles. The fourth-order valence-electron chi connectivity index (χ4n) is 0.530. The van der Waals surface area contributed by atoms with Crippen molar-refractivity contribution in [3.8, 4) is 6.07 Å². The topological polar surface area (TPSA) is 100 Å². The number of rotatable bonds is 0. The molecule has 5 nitrogen and oxygen atoms in total. The molecule has 1 aliphatic rings. The number of nitrogens with one attached hydrogen (secondary N) is 1. The van der Waals surface area contributed by atoms with Crippen LogP contribution in [0.25, 0.3) is 0 Å². The Morgan fingerprint density at radius 3 is 2.80 bits per heavy atom. The van der Waals surface area contributed by atoms with Crippen LogP contribution in [0.15, 0.2) is 16.4 Å². The van der Waals surface area contributed by atoms with Gasteiger partial charge in [0.1, 0.15) is 17.5 Å². The molecule has 5 N–H and O–H groups in total. The summed E-state index contributed by atoms with van der Waals surface area (Å²) in [5.41, 5.74) is 10.9. The number of nitrogens with two attached hydrogens (primary N) is 2. The molecule has 5 heteroatoms. The van der Waals surface area contributed by atoms with Gasteiger partial charge in [-0.15, -0.1) is 0 Å². The van der Waals surface area contributed by atoms with Gasteiger partial charge in [0.05, 0.1) is 0 Å². The van der Waals surface area contributed by atoms with Crippen molar-refractivity contribution in [3.05, 3.63) is 17.7 Å². The summed E-state index contributed by atoms with van der Waals surface area (Å²) < 4.78 is 0. The summed E-state index contributed by atoms with van der Waals surface area (Å²) in [4.78, 5) is 3.63. The molecule has 51 valence electrons. The number of aliphatic imine (C=N–C) groups is 1. The summed E-state index contributed by atoms with van der Waals surface area (Å²) in [6, 6.07) is 1.85. The van der Waals surface area contributed by atoms with Gasteiger partial charge in [-0.3, -0.25) is 5.73 Å². The molecule has 0 aromatic heterocycles. The van der Waals surface area contributed by atoms with Crippen molar-refractivity contribution in [1.82, 2.24) is 5.32 Å². The molecule has 1 radical (unpaired) electrons. The van der Waals surface area contributed by atoms with E-state index in [4.69, 9.17) is 16.7 Å². The van der Waals surface area contributed by atoms with Crippen LogP contribution < -0.4 is 16.8 Å². The molecular weight excluding hydrogens is 130 g/mol. The summed E-state index contributed by atoms with van der Waals surface area (Å²) in [5, 5.41) is 10.9. The lowest BCUT2D eigenvalue weighted by Crippen LogP contribution is -2.34. The molecule has 0 aromatic carbocycles. The van der Waals surface area contributed by atoms with Crippen LogP contribution in [-0.2, 0) is 0 Å². The van der Waals surface area contributed by atoms with E-state index >= 15 is 0 Å². The first-order valence-electron chi connectivity index (χ1n) is 2.57. The summed E-state index contributed by atoms with van der Waals surface area (Å²) in [7, 11) is 0. The molecule has 0 bridgehead atoms. The highest BCUT2D eigenvalue weighted by atomic mass is 15.2. The first-order valence-corrected chi connectivity index (χ1v) is 2.57. The van der Waals surface area contributed by atoms with Gasteiger partial charge in [0, 0.05) is 6.21 Å². The Morgan fingerprint density at radius 2 is 2.30 bits per heavy atom. The van der Waals surface area contributed by atoms with Crippen LogP contribution in [0.2, 0.25) is 0 Å². The summed E-state index contributed by atoms with van der Waals surface area (Å²) in [6.45, 7) is 0. The summed E-state index contributed by atoms with van der Waals surface area (Å²) in [6.07, 6.45) is 1.53. The highest BCUT2D eigenvalue weighted by Gasteiger charge is 2.09. The normalized spacial score (nSPS) is 18.4. The number of hydrogen-bond donors (Lipinski definition) is 3. The van der Waals surface area contributed by atoms with Crippen molar-refractivity contribution >= 4 is 6.21 Å². The van der Waals surface area contributed by atoms with Gasteiger partial charge >= 0.3 is 0 Å². The van der Waals surface area contributed by atoms with E-state index in [1.807, 2.05) is 6.07 Å². The number of nitrogens with zero attached hydrogens (tertiary/aromatic N) is 2. The predicted octanol–water partition coefficient (Wildman–Crippen LogP) is -1.24. The Bertz CT molecular complexity index is 233. The van der Waals surface area contributed by atoms with Crippen molar-refractivity contribution in [2.45, 2.75) is 0 Å². The van der Waals surface area contributed by atoms with Crippen LogP contribution in [0.1, 0.15) is 0 Å². The van der Waals surface area contributed by atoms with Gasteiger partial charge in [-0.2, -0.15) is 5.26 Å². The van der Waals surface area contributed by atoms with Crippen molar-refractivity contribution in [3.63, 3.8) is 0 Å². The predicted molar refractivity (Wildman–Crippen MR) is 35.9 cm³/mol. The fraction of sp³-hybridized carbons (Fsp3) is 0. The minimum absolute atomic E-state index is 0.205. The summed E-state index contributed by atoms with van der Waals surface area (Å²) in [5.74, 6) is 0.245. The smallest absolute Gasteiger partial charge is 0.242 e. The quantitative estimate of drug-likeness (QED) is 0.387. The Kier molecular flexibility index (Phi) is 1.56. The average molecular weight is 136 g/mol. The molecule has 0 fully saturated rings. The van der Waals surface area contributed by atoms with Gasteiger partial charge in [-0.1, -0.05) is 0 Å². The van der Waals surface area contributed by atoms with E-state index in [0.717, 1.165) is 0 Å². The van der Waals surface area contributed by atoms with E-state index in [0.29, 0.717) is 5.57 Å². The highest BCUT2D eigenvalue weighted by Crippen LogP contribution is 2.01. The molecular formula is C5H6N5. The number of hydrogen-bond acceptors (Lipinski definition) is 5. The second kappa shape index (κ2) is 2.37. The number of allylic oxidation sites excluding steroid dienone is 1. The van der Waals surface area contributed by atoms with Crippen LogP contribution in [0.3, 0.4) is 0 Å². The first-order chi connectivity index (χ1) is 4.74. The lowest BCUT2D eigenvalue weighted by atomic mass is 10.3. The SMILES string of the molecule is N#CC1=C(N)N[C](N)N=C1. The molecule has 0 aromatic rings. The Hall–Kier alpha value is -1.54. The van der Waals surface area contributed by atoms with E-state index in [1.54, 1.807) is 0 Å². The zero-order chi connectivity index (χ0) is 7.56. The molecule has 0 spiro atoms. The van der Waals surface area contributed by atoms with Gasteiger partial charge in [0.15, 0.2) is 0 Å². The Morgan fingerprint density at radius 1 is 1.60 bits per heavy atom. The van der Waals surface area contributed by atoms with Crippen LogP contribution in [0.4, 0.5) is 0 Å². The molecule has 0 saturated carbocycles. The van der Waals surface area contributed by atoms with Crippen LogP contribution in [0.5, 0.6) is 0 Å². The van der Waals surface area contributed by atoms with Crippen molar-refractivity contribution in [2.24, 2.45) is 16.5 Å². The van der Waals surface area contributed by atoms with Gasteiger partial charge in [0.2, 0.25) is 6.29 Å². The van der Waals surface area contributed by atoms with Crippen LogP contribution in [-0.4, -0.2) is 6.21 Å². The van der Waals surface area contributed by atoms with Crippen molar-refractivity contribution < 1.29 is 0 Å². The van der Waals surface area contributed by atoms with Crippen LogP contribution >= 0.6 is 0 Å². The third-order valence-corrected chi connectivity index (χ3v) is 1.01.